The number of rotatable bonds is 6. The number of ether oxygens (including phenoxy) is 2. The number of carbonyl (C=O) groups is 3. The van der Waals surface area contributed by atoms with Crippen LogP contribution in [0.1, 0.15) is 30.8 Å². The van der Waals surface area contributed by atoms with Crippen LogP contribution in [0, 0.1) is 13.8 Å². The normalized spacial score (nSPS) is 16.3. The molecule has 7 nitrogen and oxygen atoms in total. The van der Waals surface area contributed by atoms with E-state index in [9.17, 15) is 14.4 Å². The standard InChI is InChI=1S/C22H24N2O5S/c1-6-29-18-9-7-17(8-10-18)23-13(2)11-16(14(23)3)12-19-20(25)24(22(27)30-19)15(4)21(26)28-5/h7-12,15H,6H2,1-5H3/b19-12+/t15-/m0/s1. The number of benzene rings is 1. The van der Waals surface area contributed by atoms with Gasteiger partial charge in [-0.25, -0.2) is 4.79 Å². The molecule has 2 aromatic rings. The molecule has 1 atom stereocenters. The summed E-state index contributed by atoms with van der Waals surface area (Å²) >= 11 is 0.825. The minimum absolute atomic E-state index is 0.280. The number of thioether (sulfide) groups is 1. The summed E-state index contributed by atoms with van der Waals surface area (Å²) in [4.78, 5) is 38.0. The van der Waals surface area contributed by atoms with Crippen molar-refractivity contribution >= 4 is 35.0 Å². The van der Waals surface area contributed by atoms with Gasteiger partial charge < -0.3 is 14.0 Å². The van der Waals surface area contributed by atoms with Crippen LogP contribution in [0.3, 0.4) is 0 Å². The highest BCUT2D eigenvalue weighted by Crippen LogP contribution is 2.35. The fourth-order valence-electron chi connectivity index (χ4n) is 3.42. The van der Waals surface area contributed by atoms with Crippen molar-refractivity contribution in [2.45, 2.75) is 33.7 Å². The Hall–Kier alpha value is -3.00. The molecule has 2 heterocycles. The first-order chi connectivity index (χ1) is 14.3. The molecule has 30 heavy (non-hydrogen) atoms. The summed E-state index contributed by atoms with van der Waals surface area (Å²) in [5.41, 5.74) is 3.73. The highest BCUT2D eigenvalue weighted by Gasteiger charge is 2.41. The molecule has 2 amide bonds. The molecule has 8 heteroatoms. The zero-order valence-electron chi connectivity index (χ0n) is 17.6. The van der Waals surface area contributed by atoms with Crippen molar-refractivity contribution in [3.8, 4) is 11.4 Å². The van der Waals surface area contributed by atoms with Crippen LogP contribution >= 0.6 is 11.8 Å². The maximum absolute atomic E-state index is 12.7. The fourth-order valence-corrected chi connectivity index (χ4v) is 4.32. The summed E-state index contributed by atoms with van der Waals surface area (Å²) in [5.74, 6) is -0.321. The molecule has 158 valence electrons. The van der Waals surface area contributed by atoms with Crippen LogP contribution in [0.4, 0.5) is 4.79 Å². The molecule has 1 aromatic carbocycles. The highest BCUT2D eigenvalue weighted by atomic mass is 32.2. The van der Waals surface area contributed by atoms with E-state index in [0.29, 0.717) is 6.61 Å². The number of hydrogen-bond acceptors (Lipinski definition) is 6. The van der Waals surface area contributed by atoms with Gasteiger partial charge in [-0.1, -0.05) is 0 Å². The predicted molar refractivity (Wildman–Crippen MR) is 116 cm³/mol. The molecule has 1 fully saturated rings. The van der Waals surface area contributed by atoms with E-state index in [-0.39, 0.29) is 4.91 Å². The number of aromatic nitrogens is 1. The zero-order chi connectivity index (χ0) is 22.0. The monoisotopic (exact) mass is 428 g/mol. The summed E-state index contributed by atoms with van der Waals surface area (Å²) < 4.78 is 12.2. The molecule has 1 aliphatic rings. The van der Waals surface area contributed by atoms with Crippen LogP contribution in [-0.4, -0.2) is 46.3 Å². The Labute approximate surface area is 179 Å². The molecule has 0 aliphatic carbocycles. The van der Waals surface area contributed by atoms with Crippen LogP contribution in [0.15, 0.2) is 35.2 Å². The van der Waals surface area contributed by atoms with Gasteiger partial charge in [-0.3, -0.25) is 14.5 Å². The molecule has 3 rings (SSSR count). The lowest BCUT2D eigenvalue weighted by molar-refractivity contribution is -0.148. The quantitative estimate of drug-likeness (QED) is 0.509. The number of imide groups is 1. The van der Waals surface area contributed by atoms with E-state index in [1.807, 2.05) is 51.1 Å². The van der Waals surface area contributed by atoms with Gasteiger partial charge in [-0.05, 0) is 81.4 Å². The molecule has 0 saturated carbocycles. The van der Waals surface area contributed by atoms with Gasteiger partial charge >= 0.3 is 5.97 Å². The van der Waals surface area contributed by atoms with Crippen molar-refractivity contribution in [3.05, 3.63) is 52.2 Å². The summed E-state index contributed by atoms with van der Waals surface area (Å²) in [6, 6.07) is 8.77. The van der Waals surface area contributed by atoms with Crippen molar-refractivity contribution in [1.82, 2.24) is 9.47 Å². The van der Waals surface area contributed by atoms with E-state index in [0.717, 1.165) is 45.1 Å². The number of nitrogens with zero attached hydrogens (tertiary/aromatic N) is 2. The van der Waals surface area contributed by atoms with Crippen LogP contribution in [0.2, 0.25) is 0 Å². The third kappa shape index (κ3) is 4.00. The van der Waals surface area contributed by atoms with Gasteiger partial charge in [0.05, 0.1) is 18.6 Å². The van der Waals surface area contributed by atoms with Crippen molar-refractivity contribution in [1.29, 1.82) is 0 Å². The number of aryl methyl sites for hydroxylation is 1. The number of hydrogen-bond donors (Lipinski definition) is 0. The SMILES string of the molecule is CCOc1ccc(-n2c(C)cc(/C=C3/SC(=O)N([C@@H](C)C(=O)OC)C3=O)c2C)cc1. The number of amides is 2. The first-order valence-electron chi connectivity index (χ1n) is 9.55. The van der Waals surface area contributed by atoms with Gasteiger partial charge in [-0.15, -0.1) is 0 Å². The second-order valence-corrected chi connectivity index (χ2v) is 7.83. The minimum Gasteiger partial charge on any atom is -0.494 e. The van der Waals surface area contributed by atoms with Crippen molar-refractivity contribution in [2.24, 2.45) is 0 Å². The van der Waals surface area contributed by atoms with Crippen molar-refractivity contribution in [2.75, 3.05) is 13.7 Å². The Morgan fingerprint density at radius 1 is 1.20 bits per heavy atom. The summed E-state index contributed by atoms with van der Waals surface area (Å²) in [5, 5.41) is -0.482. The van der Waals surface area contributed by atoms with Crippen LogP contribution < -0.4 is 4.74 Å². The van der Waals surface area contributed by atoms with Crippen LogP contribution in [-0.2, 0) is 14.3 Å². The van der Waals surface area contributed by atoms with Gasteiger partial charge in [-0.2, -0.15) is 0 Å². The number of methoxy groups -OCH3 is 1. The predicted octanol–water partition coefficient (Wildman–Crippen LogP) is 4.09. The van der Waals surface area contributed by atoms with E-state index in [4.69, 9.17) is 4.74 Å². The lowest BCUT2D eigenvalue weighted by Crippen LogP contribution is -2.42. The summed E-state index contributed by atoms with van der Waals surface area (Å²) in [6.07, 6.45) is 1.70. The smallest absolute Gasteiger partial charge is 0.328 e. The average Bonchev–Trinajstić information content (AvgIpc) is 3.16. The lowest BCUT2D eigenvalue weighted by Gasteiger charge is -2.18. The van der Waals surface area contributed by atoms with E-state index in [1.54, 1.807) is 6.08 Å². The second-order valence-electron chi connectivity index (χ2n) is 6.84. The molecule has 0 unspecified atom stereocenters. The Morgan fingerprint density at radius 2 is 1.87 bits per heavy atom. The second kappa shape index (κ2) is 8.79. The molecular formula is C22H24N2O5S. The van der Waals surface area contributed by atoms with Gasteiger partial charge in [0.25, 0.3) is 11.1 Å². The highest BCUT2D eigenvalue weighted by molar-refractivity contribution is 8.18. The molecule has 0 N–H and O–H groups in total. The van der Waals surface area contributed by atoms with E-state index in [2.05, 4.69) is 9.30 Å². The molecule has 1 aliphatic heterocycles. The maximum atomic E-state index is 12.7. The topological polar surface area (TPSA) is 77.8 Å². The molecule has 0 spiro atoms. The first kappa shape index (κ1) is 21.7. The third-order valence-electron chi connectivity index (χ3n) is 4.92. The molecule has 1 saturated heterocycles. The van der Waals surface area contributed by atoms with Gasteiger partial charge in [0, 0.05) is 17.1 Å². The van der Waals surface area contributed by atoms with Crippen molar-refractivity contribution in [3.63, 3.8) is 0 Å². The van der Waals surface area contributed by atoms with Gasteiger partial charge in [0.1, 0.15) is 11.8 Å². The first-order valence-corrected chi connectivity index (χ1v) is 10.4. The van der Waals surface area contributed by atoms with E-state index < -0.39 is 23.2 Å². The molecule has 1 aromatic heterocycles. The fraction of sp³-hybridized carbons (Fsp3) is 0.318. The third-order valence-corrected chi connectivity index (χ3v) is 5.80. The molecular weight excluding hydrogens is 404 g/mol. The Kier molecular flexibility index (Phi) is 6.36. The lowest BCUT2D eigenvalue weighted by atomic mass is 10.2. The largest absolute Gasteiger partial charge is 0.494 e. The van der Waals surface area contributed by atoms with Gasteiger partial charge in [0.15, 0.2) is 0 Å². The summed E-state index contributed by atoms with van der Waals surface area (Å²) in [7, 11) is 1.23. The maximum Gasteiger partial charge on any atom is 0.328 e. The van der Waals surface area contributed by atoms with Crippen LogP contribution in [0.5, 0.6) is 5.75 Å². The Balaban J connectivity index is 1.92. The molecule has 0 radical (unpaired) electrons. The Morgan fingerprint density at radius 3 is 2.47 bits per heavy atom. The number of carbonyl (C=O) groups excluding carboxylic acids is 3. The van der Waals surface area contributed by atoms with E-state index >= 15 is 0 Å². The minimum atomic E-state index is -0.968. The zero-order valence-corrected chi connectivity index (χ0v) is 18.4. The van der Waals surface area contributed by atoms with Crippen molar-refractivity contribution < 1.29 is 23.9 Å². The molecule has 0 bridgehead atoms. The van der Waals surface area contributed by atoms with E-state index in [1.165, 1.54) is 14.0 Å². The average molecular weight is 429 g/mol. The number of esters is 1. The van der Waals surface area contributed by atoms with Gasteiger partial charge in [0.2, 0.25) is 0 Å². The van der Waals surface area contributed by atoms with Crippen LogP contribution in [0.25, 0.3) is 11.8 Å². The Bertz CT molecular complexity index is 1020. The summed E-state index contributed by atoms with van der Waals surface area (Å²) in [6.45, 7) is 7.95.